The van der Waals surface area contributed by atoms with Crippen molar-refractivity contribution >= 4 is 20.0 Å². The van der Waals surface area contributed by atoms with E-state index in [9.17, 15) is 16.8 Å². The molecule has 0 saturated carbocycles. The quantitative estimate of drug-likeness (QED) is 0.661. The van der Waals surface area contributed by atoms with Gasteiger partial charge in [0.15, 0.2) is 0 Å². The minimum absolute atomic E-state index is 0.00938. The highest BCUT2D eigenvalue weighted by Gasteiger charge is 2.28. The van der Waals surface area contributed by atoms with Crippen LogP contribution in [0.1, 0.15) is 39.0 Å². The molecule has 142 valence electrons. The summed E-state index contributed by atoms with van der Waals surface area (Å²) in [6.07, 6.45) is 4.12. The highest BCUT2D eigenvalue weighted by Crippen LogP contribution is 2.23. The van der Waals surface area contributed by atoms with E-state index in [0.717, 1.165) is 25.7 Å². The van der Waals surface area contributed by atoms with Gasteiger partial charge in [-0.2, -0.15) is 4.31 Å². The Labute approximate surface area is 150 Å². The molecule has 7 nitrogen and oxygen atoms in total. The average Bonchev–Trinajstić information content (AvgIpc) is 3.14. The van der Waals surface area contributed by atoms with Crippen LogP contribution < -0.4 is 10.5 Å². The van der Waals surface area contributed by atoms with Gasteiger partial charge in [0.05, 0.1) is 9.79 Å². The number of unbranched alkanes of at least 4 members (excludes halogenated alkanes) is 1. The lowest BCUT2D eigenvalue weighted by atomic mass is 10.1. The normalized spacial score (nSPS) is 17.7. The Morgan fingerprint density at radius 1 is 1.16 bits per heavy atom. The Kier molecular flexibility index (Phi) is 6.98. The van der Waals surface area contributed by atoms with Crippen LogP contribution in [0.3, 0.4) is 0 Å². The first kappa shape index (κ1) is 20.3. The van der Waals surface area contributed by atoms with Gasteiger partial charge in [-0.25, -0.2) is 21.6 Å². The first-order valence-electron chi connectivity index (χ1n) is 8.64. The van der Waals surface area contributed by atoms with Gasteiger partial charge in [-0.05, 0) is 37.5 Å². The summed E-state index contributed by atoms with van der Waals surface area (Å²) in [7, 11) is -7.47. The third-order valence-corrected chi connectivity index (χ3v) is 7.74. The number of sulfonamides is 2. The SMILES string of the molecule is CCCCC(CN)NS(=O)(=O)c1cccc(S(=O)(=O)N2CCCC2)c1. The zero-order chi connectivity index (χ0) is 18.5. The minimum Gasteiger partial charge on any atom is -0.329 e. The number of hydrogen-bond acceptors (Lipinski definition) is 5. The van der Waals surface area contributed by atoms with E-state index in [2.05, 4.69) is 4.72 Å². The van der Waals surface area contributed by atoms with Gasteiger partial charge in [-0.1, -0.05) is 25.8 Å². The summed E-state index contributed by atoms with van der Waals surface area (Å²) in [4.78, 5) is -0.0437. The molecule has 0 aliphatic carbocycles. The third kappa shape index (κ3) is 5.01. The zero-order valence-electron chi connectivity index (χ0n) is 14.5. The molecule has 1 saturated heterocycles. The van der Waals surface area contributed by atoms with Crippen molar-refractivity contribution < 1.29 is 16.8 Å². The lowest BCUT2D eigenvalue weighted by Gasteiger charge is -2.18. The first-order chi connectivity index (χ1) is 11.8. The highest BCUT2D eigenvalue weighted by molar-refractivity contribution is 7.90. The molecule has 0 amide bonds. The molecule has 25 heavy (non-hydrogen) atoms. The summed E-state index contributed by atoms with van der Waals surface area (Å²) in [6.45, 7) is 3.17. The minimum atomic E-state index is -3.82. The Hall–Kier alpha value is -1.00. The predicted octanol–water partition coefficient (Wildman–Crippen LogP) is 1.27. The van der Waals surface area contributed by atoms with Crippen LogP contribution in [-0.2, 0) is 20.0 Å². The number of nitrogens with two attached hydrogens (primary N) is 1. The van der Waals surface area contributed by atoms with Crippen molar-refractivity contribution in [2.75, 3.05) is 19.6 Å². The lowest BCUT2D eigenvalue weighted by Crippen LogP contribution is -2.40. The van der Waals surface area contributed by atoms with Gasteiger partial charge in [-0.3, -0.25) is 0 Å². The summed E-state index contributed by atoms with van der Waals surface area (Å²) in [5, 5.41) is 0. The molecule has 0 aromatic heterocycles. The standard InChI is InChI=1S/C16H27N3O4S2/c1-2-3-7-14(13-17)18-24(20,21)15-8-6-9-16(12-15)25(22,23)19-10-4-5-11-19/h6,8-9,12,14,18H,2-5,7,10-11,13,17H2,1H3. The van der Waals surface area contributed by atoms with Crippen LogP contribution in [0.15, 0.2) is 34.1 Å². The maximum atomic E-state index is 12.6. The van der Waals surface area contributed by atoms with Gasteiger partial charge in [-0.15, -0.1) is 0 Å². The molecule has 0 spiro atoms. The van der Waals surface area contributed by atoms with Crippen molar-refractivity contribution in [3.8, 4) is 0 Å². The molecule has 1 aromatic rings. The number of hydrogen-bond donors (Lipinski definition) is 2. The first-order valence-corrected chi connectivity index (χ1v) is 11.6. The summed E-state index contributed by atoms with van der Waals surface area (Å²) >= 11 is 0. The molecule has 1 unspecified atom stereocenters. The number of rotatable bonds is 9. The Bertz CT molecular complexity index is 772. The summed E-state index contributed by atoms with van der Waals surface area (Å²) in [5.74, 6) is 0. The Morgan fingerprint density at radius 3 is 2.40 bits per heavy atom. The molecular formula is C16H27N3O4S2. The molecule has 0 radical (unpaired) electrons. The number of nitrogens with zero attached hydrogens (tertiary/aromatic N) is 1. The van der Waals surface area contributed by atoms with E-state index in [0.29, 0.717) is 19.5 Å². The largest absolute Gasteiger partial charge is 0.329 e. The highest BCUT2D eigenvalue weighted by atomic mass is 32.2. The number of benzene rings is 1. The van der Waals surface area contributed by atoms with Crippen molar-refractivity contribution in [3.05, 3.63) is 24.3 Å². The molecule has 1 aliphatic heterocycles. The van der Waals surface area contributed by atoms with E-state index in [1.165, 1.54) is 28.6 Å². The Balaban J connectivity index is 2.24. The molecule has 9 heteroatoms. The monoisotopic (exact) mass is 389 g/mol. The van der Waals surface area contributed by atoms with E-state index in [1.54, 1.807) is 0 Å². The van der Waals surface area contributed by atoms with Crippen LogP contribution in [-0.4, -0.2) is 46.8 Å². The lowest BCUT2D eigenvalue weighted by molar-refractivity contribution is 0.477. The van der Waals surface area contributed by atoms with Crippen molar-refractivity contribution in [3.63, 3.8) is 0 Å². The van der Waals surface area contributed by atoms with Crippen LogP contribution in [0.25, 0.3) is 0 Å². The van der Waals surface area contributed by atoms with Gasteiger partial charge in [0.2, 0.25) is 20.0 Å². The van der Waals surface area contributed by atoms with Gasteiger partial charge in [0.25, 0.3) is 0 Å². The zero-order valence-corrected chi connectivity index (χ0v) is 16.2. The summed E-state index contributed by atoms with van der Waals surface area (Å²) in [5.41, 5.74) is 5.65. The van der Waals surface area contributed by atoms with Crippen molar-refractivity contribution in [1.82, 2.24) is 9.03 Å². The van der Waals surface area contributed by atoms with E-state index in [-0.39, 0.29) is 22.4 Å². The van der Waals surface area contributed by atoms with Gasteiger partial charge in [0.1, 0.15) is 0 Å². The topological polar surface area (TPSA) is 110 Å². The second kappa shape index (κ2) is 8.59. The second-order valence-electron chi connectivity index (χ2n) is 6.28. The van der Waals surface area contributed by atoms with E-state index in [1.807, 2.05) is 6.92 Å². The van der Waals surface area contributed by atoms with Crippen LogP contribution in [0, 0.1) is 0 Å². The second-order valence-corrected chi connectivity index (χ2v) is 9.93. The molecule has 0 bridgehead atoms. The van der Waals surface area contributed by atoms with E-state index < -0.39 is 20.0 Å². The molecule has 2 rings (SSSR count). The summed E-state index contributed by atoms with van der Waals surface area (Å²) < 4.78 is 54.4. The van der Waals surface area contributed by atoms with Gasteiger partial charge in [0, 0.05) is 25.7 Å². The molecule has 1 fully saturated rings. The van der Waals surface area contributed by atoms with E-state index in [4.69, 9.17) is 5.73 Å². The third-order valence-electron chi connectivity index (χ3n) is 4.33. The Morgan fingerprint density at radius 2 is 1.80 bits per heavy atom. The summed E-state index contributed by atoms with van der Waals surface area (Å²) in [6, 6.07) is 5.16. The molecule has 3 N–H and O–H groups in total. The van der Waals surface area contributed by atoms with Crippen LogP contribution in [0.5, 0.6) is 0 Å². The van der Waals surface area contributed by atoms with Crippen LogP contribution in [0.2, 0.25) is 0 Å². The van der Waals surface area contributed by atoms with Gasteiger partial charge < -0.3 is 5.73 Å². The molecule has 1 aliphatic rings. The maximum absolute atomic E-state index is 12.6. The average molecular weight is 390 g/mol. The van der Waals surface area contributed by atoms with Crippen molar-refractivity contribution in [2.45, 2.75) is 54.9 Å². The predicted molar refractivity (Wildman–Crippen MR) is 97.1 cm³/mol. The molecular weight excluding hydrogens is 362 g/mol. The fourth-order valence-corrected chi connectivity index (χ4v) is 5.81. The number of nitrogens with one attached hydrogen (secondary N) is 1. The molecule has 1 aromatic carbocycles. The fraction of sp³-hybridized carbons (Fsp3) is 0.625. The van der Waals surface area contributed by atoms with Gasteiger partial charge >= 0.3 is 0 Å². The van der Waals surface area contributed by atoms with E-state index >= 15 is 0 Å². The van der Waals surface area contributed by atoms with Crippen molar-refractivity contribution in [1.29, 1.82) is 0 Å². The maximum Gasteiger partial charge on any atom is 0.243 e. The van der Waals surface area contributed by atoms with Crippen LogP contribution in [0.4, 0.5) is 0 Å². The smallest absolute Gasteiger partial charge is 0.243 e. The molecule has 1 heterocycles. The van der Waals surface area contributed by atoms with Crippen molar-refractivity contribution in [2.24, 2.45) is 5.73 Å². The van der Waals surface area contributed by atoms with Crippen LogP contribution >= 0.6 is 0 Å². The molecule has 1 atom stereocenters. The fourth-order valence-electron chi connectivity index (χ4n) is 2.84.